The Hall–Kier alpha value is -4.40. The molecular formula is C31H33F2N5O6S. The van der Waals surface area contributed by atoms with Gasteiger partial charge in [0.2, 0.25) is 9.84 Å². The molecule has 1 aromatic heterocycles. The first-order valence-corrected chi connectivity index (χ1v) is 15.7. The maximum absolute atomic E-state index is 13.9. The zero-order valence-corrected chi connectivity index (χ0v) is 25.8. The molecule has 1 saturated heterocycles. The van der Waals surface area contributed by atoms with Crippen LogP contribution in [0.1, 0.15) is 28.8 Å². The molecule has 2 heterocycles. The number of carbonyl (C=O) groups excluding carboxylic acids is 2. The van der Waals surface area contributed by atoms with Crippen LogP contribution in [0.25, 0.3) is 10.9 Å². The van der Waals surface area contributed by atoms with Crippen LogP contribution >= 0.6 is 0 Å². The Morgan fingerprint density at radius 2 is 1.73 bits per heavy atom. The molecule has 14 heteroatoms. The zero-order chi connectivity index (χ0) is 32.3. The third-order valence-electron chi connectivity index (χ3n) is 7.44. The topological polar surface area (TPSA) is 132 Å². The average Bonchev–Trinajstić information content (AvgIpc) is 3.37. The molecule has 1 aliphatic rings. The molecule has 1 aliphatic heterocycles. The van der Waals surface area contributed by atoms with Crippen LogP contribution in [-0.4, -0.2) is 82.1 Å². The van der Waals surface area contributed by atoms with E-state index in [2.05, 4.69) is 20.6 Å². The Balaban J connectivity index is 1.54. The lowest BCUT2D eigenvalue weighted by Crippen LogP contribution is -2.29. The van der Waals surface area contributed by atoms with Crippen molar-refractivity contribution < 1.29 is 36.3 Å². The van der Waals surface area contributed by atoms with Crippen molar-refractivity contribution in [3.63, 3.8) is 0 Å². The van der Waals surface area contributed by atoms with Gasteiger partial charge in [-0.1, -0.05) is 6.07 Å². The van der Waals surface area contributed by atoms with Crippen LogP contribution in [-0.2, 0) is 25.7 Å². The number of hydrogen-bond donors (Lipinski definition) is 2. The second-order valence-corrected chi connectivity index (χ2v) is 12.9. The number of rotatable bonds is 9. The summed E-state index contributed by atoms with van der Waals surface area (Å²) < 4.78 is 65.6. The zero-order valence-electron chi connectivity index (χ0n) is 25.0. The number of hydrogen-bond acceptors (Lipinski definition) is 9. The molecule has 11 nitrogen and oxygen atoms in total. The highest BCUT2D eigenvalue weighted by Crippen LogP contribution is 2.31. The molecule has 0 bridgehead atoms. The number of halogens is 2. The van der Waals surface area contributed by atoms with Gasteiger partial charge in [0.1, 0.15) is 11.6 Å². The van der Waals surface area contributed by atoms with Gasteiger partial charge in [0.25, 0.3) is 5.91 Å². The van der Waals surface area contributed by atoms with Crippen molar-refractivity contribution in [3.05, 3.63) is 77.4 Å². The van der Waals surface area contributed by atoms with Gasteiger partial charge in [0.05, 0.1) is 28.0 Å². The number of carbonyl (C=O) groups is 2. The van der Waals surface area contributed by atoms with Crippen LogP contribution in [0.5, 0.6) is 0 Å². The number of likely N-dealkylation sites (N-methyl/N-ethyl adjacent to an activating group) is 1. The molecule has 4 aromatic rings. The van der Waals surface area contributed by atoms with Gasteiger partial charge in [-0.05, 0) is 81.4 Å². The van der Waals surface area contributed by atoms with Gasteiger partial charge in [0, 0.05) is 42.9 Å². The van der Waals surface area contributed by atoms with E-state index in [1.54, 1.807) is 6.07 Å². The SMILES string of the molecule is COC(=O)n1nc(NC(=O)c2ccc(CCN(C)C)cc2NC2CCOCC2)c2cc(S(=O)(=O)c3cc(F)cc(F)c3)ccc21. The van der Waals surface area contributed by atoms with Crippen molar-refractivity contribution in [2.75, 3.05) is 51.6 Å². The average molecular weight is 642 g/mol. The van der Waals surface area contributed by atoms with Crippen molar-refractivity contribution in [2.45, 2.75) is 35.1 Å². The maximum atomic E-state index is 13.9. The standard InChI is InChI=1S/C31H33F2N5O6S/c1-37(2)11-8-19-4-6-25(27(14-19)34-22-9-12-44-13-10-22)30(39)35-29-26-18-23(5-7-28(26)38(36-29)31(40)43-3)45(41,42)24-16-20(32)15-21(33)17-24/h4-7,14-18,22,34H,8-13H2,1-3H3,(H,35,36,39). The largest absolute Gasteiger partial charge is 0.451 e. The molecule has 0 saturated carbocycles. The minimum absolute atomic E-state index is 0.0910. The van der Waals surface area contributed by atoms with Crippen LogP contribution in [0.3, 0.4) is 0 Å². The summed E-state index contributed by atoms with van der Waals surface area (Å²) in [6.45, 7) is 2.01. The summed E-state index contributed by atoms with van der Waals surface area (Å²) in [7, 11) is 0.712. The molecule has 1 amide bonds. The van der Waals surface area contributed by atoms with Crippen molar-refractivity contribution >= 4 is 44.2 Å². The third-order valence-corrected chi connectivity index (χ3v) is 9.18. The molecule has 2 N–H and O–H groups in total. The number of ether oxygens (including phenoxy) is 2. The van der Waals surface area contributed by atoms with Crippen LogP contribution in [0.4, 0.5) is 25.1 Å². The Morgan fingerprint density at radius 1 is 1.02 bits per heavy atom. The van der Waals surface area contributed by atoms with E-state index < -0.39 is 38.4 Å². The fraction of sp³-hybridized carbons (Fsp3) is 0.323. The smallest absolute Gasteiger partial charge is 0.435 e. The number of benzene rings is 3. The fourth-order valence-electron chi connectivity index (χ4n) is 5.06. The van der Waals surface area contributed by atoms with Crippen LogP contribution in [0.2, 0.25) is 0 Å². The first-order valence-electron chi connectivity index (χ1n) is 14.2. The summed E-state index contributed by atoms with van der Waals surface area (Å²) in [5, 5.41) is 10.5. The molecule has 3 aromatic carbocycles. The lowest BCUT2D eigenvalue weighted by Gasteiger charge is -2.25. The van der Waals surface area contributed by atoms with Crippen molar-refractivity contribution in [3.8, 4) is 0 Å². The Morgan fingerprint density at radius 3 is 2.40 bits per heavy atom. The third kappa shape index (κ3) is 7.13. The molecule has 5 rings (SSSR count). The number of methoxy groups -OCH3 is 1. The first kappa shape index (κ1) is 32.0. The number of fused-ring (bicyclic) bond motifs is 1. The van der Waals surface area contributed by atoms with Crippen molar-refractivity contribution in [2.24, 2.45) is 0 Å². The molecular weight excluding hydrogens is 608 g/mol. The molecule has 238 valence electrons. The number of nitrogens with one attached hydrogen (secondary N) is 2. The Bertz CT molecular complexity index is 1830. The van der Waals surface area contributed by atoms with Crippen molar-refractivity contribution in [1.82, 2.24) is 14.7 Å². The van der Waals surface area contributed by atoms with Crippen LogP contribution in [0, 0.1) is 11.6 Å². The molecule has 0 unspecified atom stereocenters. The number of nitrogens with zero attached hydrogens (tertiary/aromatic N) is 3. The van der Waals surface area contributed by atoms with Crippen LogP contribution < -0.4 is 10.6 Å². The normalized spacial score (nSPS) is 14.1. The number of amides is 1. The number of anilines is 2. The predicted octanol–water partition coefficient (Wildman–Crippen LogP) is 4.71. The van der Waals surface area contributed by atoms with E-state index in [0.29, 0.717) is 42.7 Å². The fourth-order valence-corrected chi connectivity index (χ4v) is 6.38. The Kier molecular flexibility index (Phi) is 9.46. The van der Waals surface area contributed by atoms with E-state index >= 15 is 0 Å². The van der Waals surface area contributed by atoms with Crippen molar-refractivity contribution in [1.29, 1.82) is 0 Å². The number of aromatic nitrogens is 2. The summed E-state index contributed by atoms with van der Waals surface area (Å²) in [6, 6.07) is 11.2. The van der Waals surface area contributed by atoms with Gasteiger partial charge in [-0.15, -0.1) is 5.10 Å². The summed E-state index contributed by atoms with van der Waals surface area (Å²) in [4.78, 5) is 27.5. The highest BCUT2D eigenvalue weighted by Gasteiger charge is 2.25. The lowest BCUT2D eigenvalue weighted by atomic mass is 10.0. The highest BCUT2D eigenvalue weighted by molar-refractivity contribution is 7.91. The molecule has 45 heavy (non-hydrogen) atoms. The summed E-state index contributed by atoms with van der Waals surface area (Å²) >= 11 is 0. The number of sulfone groups is 1. The second-order valence-electron chi connectivity index (χ2n) is 10.9. The van der Waals surface area contributed by atoms with E-state index in [-0.39, 0.29) is 27.7 Å². The van der Waals surface area contributed by atoms with E-state index in [1.807, 2.05) is 26.2 Å². The van der Waals surface area contributed by atoms with Gasteiger partial charge < -0.3 is 25.0 Å². The Labute approximate surface area is 259 Å². The van der Waals surface area contributed by atoms with Crippen LogP contribution in [0.15, 0.2) is 64.4 Å². The lowest BCUT2D eigenvalue weighted by molar-refractivity contribution is 0.0904. The molecule has 0 aliphatic carbocycles. The quantitative estimate of drug-likeness (QED) is 0.267. The van der Waals surface area contributed by atoms with E-state index in [4.69, 9.17) is 9.47 Å². The van der Waals surface area contributed by atoms with Gasteiger partial charge >= 0.3 is 6.09 Å². The molecule has 0 atom stereocenters. The molecule has 0 radical (unpaired) electrons. The predicted molar refractivity (Wildman–Crippen MR) is 163 cm³/mol. The highest BCUT2D eigenvalue weighted by atomic mass is 32.2. The molecule has 0 spiro atoms. The van der Waals surface area contributed by atoms with E-state index in [0.717, 1.165) is 43.2 Å². The molecule has 1 fully saturated rings. The minimum atomic E-state index is -4.40. The van der Waals surface area contributed by atoms with Gasteiger partial charge in [0.15, 0.2) is 5.82 Å². The van der Waals surface area contributed by atoms with Gasteiger partial charge in [-0.3, -0.25) is 4.79 Å². The maximum Gasteiger partial charge on any atom is 0.435 e. The van der Waals surface area contributed by atoms with E-state index in [9.17, 15) is 26.8 Å². The summed E-state index contributed by atoms with van der Waals surface area (Å²) in [5.74, 6) is -2.78. The van der Waals surface area contributed by atoms with E-state index in [1.165, 1.54) is 18.2 Å². The first-order chi connectivity index (χ1) is 21.5. The monoisotopic (exact) mass is 641 g/mol. The van der Waals surface area contributed by atoms with Gasteiger partial charge in [-0.25, -0.2) is 22.0 Å². The second kappa shape index (κ2) is 13.3. The minimum Gasteiger partial charge on any atom is -0.451 e. The summed E-state index contributed by atoms with van der Waals surface area (Å²) in [5.41, 5.74) is 2.10. The van der Waals surface area contributed by atoms with Gasteiger partial charge in [-0.2, -0.15) is 4.68 Å². The summed E-state index contributed by atoms with van der Waals surface area (Å²) in [6.07, 6.45) is 1.42.